The number of hydrogen-bond acceptors (Lipinski definition) is 2. The molecule has 1 saturated heterocycles. The number of rotatable bonds is 2. The fraction of sp³-hybridized carbons (Fsp3) is 0.462. The van der Waals surface area contributed by atoms with Gasteiger partial charge in [0.2, 0.25) is 0 Å². The summed E-state index contributed by atoms with van der Waals surface area (Å²) in [5.41, 5.74) is 7.49. The van der Waals surface area contributed by atoms with E-state index in [0.29, 0.717) is 12.5 Å². The topological polar surface area (TPSA) is 46.3 Å². The van der Waals surface area contributed by atoms with Crippen molar-refractivity contribution >= 4 is 34.2 Å². The van der Waals surface area contributed by atoms with Crippen LogP contribution in [0.25, 0.3) is 0 Å². The number of halogens is 2. The van der Waals surface area contributed by atoms with E-state index >= 15 is 0 Å². The van der Waals surface area contributed by atoms with Crippen molar-refractivity contribution in [1.29, 1.82) is 0 Å². The number of likely N-dealkylation sites (tertiary alicyclic amines) is 1. The fourth-order valence-corrected chi connectivity index (χ4v) is 2.86. The molecule has 100 valence electrons. The van der Waals surface area contributed by atoms with Crippen molar-refractivity contribution in [2.75, 3.05) is 19.6 Å². The number of amides is 1. The van der Waals surface area contributed by atoms with Crippen LogP contribution in [-0.4, -0.2) is 30.4 Å². The van der Waals surface area contributed by atoms with Crippen molar-refractivity contribution < 1.29 is 4.79 Å². The van der Waals surface area contributed by atoms with E-state index in [-0.39, 0.29) is 18.3 Å². The second-order valence-electron chi connectivity index (χ2n) is 4.66. The largest absolute Gasteiger partial charge is 0.338 e. The summed E-state index contributed by atoms with van der Waals surface area (Å²) in [6.45, 7) is 4.28. The van der Waals surface area contributed by atoms with Crippen LogP contribution in [0.3, 0.4) is 0 Å². The Hall–Kier alpha value is -0.580. The molecule has 1 fully saturated rings. The van der Waals surface area contributed by atoms with E-state index in [2.05, 4.69) is 15.9 Å². The molecule has 2 N–H and O–H groups in total. The Labute approximate surface area is 122 Å². The van der Waals surface area contributed by atoms with Crippen molar-refractivity contribution in [2.24, 2.45) is 11.7 Å². The average molecular weight is 334 g/mol. The van der Waals surface area contributed by atoms with Crippen LogP contribution >= 0.6 is 28.3 Å². The molecule has 18 heavy (non-hydrogen) atoms. The van der Waals surface area contributed by atoms with E-state index in [1.807, 2.05) is 30.0 Å². The molecule has 5 heteroatoms. The molecule has 0 saturated carbocycles. The normalized spacial score (nSPS) is 18.6. The van der Waals surface area contributed by atoms with Crippen molar-refractivity contribution in [3.05, 3.63) is 33.8 Å². The highest BCUT2D eigenvalue weighted by molar-refractivity contribution is 9.10. The maximum absolute atomic E-state index is 12.3. The van der Waals surface area contributed by atoms with Crippen molar-refractivity contribution in [3.63, 3.8) is 0 Å². The van der Waals surface area contributed by atoms with Crippen molar-refractivity contribution in [3.8, 4) is 0 Å². The molecule has 0 aromatic heterocycles. The van der Waals surface area contributed by atoms with Gasteiger partial charge in [-0.25, -0.2) is 0 Å². The molecule has 1 aliphatic heterocycles. The lowest BCUT2D eigenvalue weighted by Gasteiger charge is -2.16. The van der Waals surface area contributed by atoms with Crippen LogP contribution in [0.2, 0.25) is 0 Å². The Morgan fingerprint density at radius 1 is 1.50 bits per heavy atom. The van der Waals surface area contributed by atoms with Crippen LogP contribution in [0, 0.1) is 12.8 Å². The first-order chi connectivity index (χ1) is 8.10. The Bertz CT molecular complexity index is 419. The summed E-state index contributed by atoms with van der Waals surface area (Å²) in [5.74, 6) is 0.581. The molecule has 1 amide bonds. The third-order valence-corrected chi connectivity index (χ3v) is 3.65. The van der Waals surface area contributed by atoms with Gasteiger partial charge in [-0.3, -0.25) is 4.79 Å². The second-order valence-corrected chi connectivity index (χ2v) is 5.57. The number of benzene rings is 1. The Morgan fingerprint density at radius 3 is 2.78 bits per heavy atom. The molecular formula is C13H18BrClN2O. The maximum Gasteiger partial charge on any atom is 0.253 e. The van der Waals surface area contributed by atoms with Gasteiger partial charge in [-0.15, -0.1) is 12.4 Å². The van der Waals surface area contributed by atoms with Gasteiger partial charge in [0.05, 0.1) is 0 Å². The third-order valence-electron chi connectivity index (χ3n) is 3.20. The molecule has 1 aromatic carbocycles. The number of carbonyl (C=O) groups excluding carboxylic acids is 1. The van der Waals surface area contributed by atoms with E-state index in [1.165, 1.54) is 0 Å². The number of hydrogen-bond donors (Lipinski definition) is 1. The van der Waals surface area contributed by atoms with E-state index in [4.69, 9.17) is 5.73 Å². The zero-order valence-corrected chi connectivity index (χ0v) is 12.8. The summed E-state index contributed by atoms with van der Waals surface area (Å²) in [5, 5.41) is 0. The summed E-state index contributed by atoms with van der Waals surface area (Å²) < 4.78 is 0.954. The molecule has 0 bridgehead atoms. The zero-order valence-electron chi connectivity index (χ0n) is 10.4. The Balaban J connectivity index is 0.00000162. The first-order valence-corrected chi connectivity index (χ1v) is 6.66. The highest BCUT2D eigenvalue weighted by Gasteiger charge is 2.26. The molecule has 2 rings (SSSR count). The molecule has 3 nitrogen and oxygen atoms in total. The summed E-state index contributed by atoms with van der Waals surface area (Å²) in [7, 11) is 0. The summed E-state index contributed by atoms with van der Waals surface area (Å²) in [4.78, 5) is 14.2. The van der Waals surface area contributed by atoms with Crippen LogP contribution in [0.15, 0.2) is 22.7 Å². The van der Waals surface area contributed by atoms with Gasteiger partial charge in [0.15, 0.2) is 0 Å². The van der Waals surface area contributed by atoms with Gasteiger partial charge in [-0.05, 0) is 49.6 Å². The number of nitrogens with zero attached hydrogens (tertiary/aromatic N) is 1. The minimum absolute atomic E-state index is 0. The van der Waals surface area contributed by atoms with E-state index in [9.17, 15) is 4.79 Å². The first kappa shape index (κ1) is 15.5. The number of aryl methyl sites for hydroxylation is 1. The molecule has 1 aliphatic rings. The van der Waals surface area contributed by atoms with Crippen LogP contribution in [0.1, 0.15) is 22.3 Å². The predicted molar refractivity (Wildman–Crippen MR) is 79.2 cm³/mol. The van der Waals surface area contributed by atoms with Gasteiger partial charge in [-0.2, -0.15) is 0 Å². The van der Waals surface area contributed by atoms with Crippen molar-refractivity contribution in [1.82, 2.24) is 4.90 Å². The molecule has 1 atom stereocenters. The SMILES string of the molecule is Cc1cc(Br)cc(C(=O)N2CCC(CN)C2)c1.Cl. The van der Waals surface area contributed by atoms with Gasteiger partial charge in [0.25, 0.3) is 5.91 Å². The molecule has 1 heterocycles. The van der Waals surface area contributed by atoms with Crippen molar-refractivity contribution in [2.45, 2.75) is 13.3 Å². The molecule has 0 radical (unpaired) electrons. The third kappa shape index (κ3) is 3.46. The van der Waals surface area contributed by atoms with Crippen LogP contribution in [-0.2, 0) is 0 Å². The molecule has 1 unspecified atom stereocenters. The standard InChI is InChI=1S/C13H17BrN2O.ClH/c1-9-4-11(6-12(14)5-9)13(17)16-3-2-10(7-15)8-16;/h4-6,10H,2-3,7-8,15H2,1H3;1H. The molecule has 1 aromatic rings. The van der Waals surface area contributed by atoms with Gasteiger partial charge in [0.1, 0.15) is 0 Å². The maximum atomic E-state index is 12.3. The molecule has 0 aliphatic carbocycles. The summed E-state index contributed by atoms with van der Waals surface area (Å²) in [6, 6.07) is 5.82. The van der Waals surface area contributed by atoms with Gasteiger partial charge in [0, 0.05) is 23.1 Å². The quantitative estimate of drug-likeness (QED) is 0.904. The second kappa shape index (κ2) is 6.55. The zero-order chi connectivity index (χ0) is 12.4. The van der Waals surface area contributed by atoms with E-state index in [1.54, 1.807) is 0 Å². The summed E-state index contributed by atoms with van der Waals surface area (Å²) >= 11 is 3.42. The van der Waals surface area contributed by atoms with Crippen LogP contribution in [0.5, 0.6) is 0 Å². The lowest BCUT2D eigenvalue weighted by Crippen LogP contribution is -2.29. The first-order valence-electron chi connectivity index (χ1n) is 5.86. The van der Waals surface area contributed by atoms with Crippen LogP contribution < -0.4 is 5.73 Å². The van der Waals surface area contributed by atoms with Gasteiger partial charge >= 0.3 is 0 Å². The predicted octanol–water partition coefficient (Wildman–Crippen LogP) is 2.60. The van der Waals surface area contributed by atoms with Crippen LogP contribution in [0.4, 0.5) is 0 Å². The molecule has 0 spiro atoms. The minimum atomic E-state index is 0. The number of nitrogens with two attached hydrogens (primary N) is 1. The lowest BCUT2D eigenvalue weighted by atomic mass is 10.1. The smallest absolute Gasteiger partial charge is 0.253 e. The highest BCUT2D eigenvalue weighted by atomic mass is 79.9. The van der Waals surface area contributed by atoms with E-state index in [0.717, 1.165) is 35.1 Å². The Morgan fingerprint density at radius 2 is 2.22 bits per heavy atom. The Kier molecular flexibility index (Phi) is 5.63. The van der Waals surface area contributed by atoms with Gasteiger partial charge < -0.3 is 10.6 Å². The van der Waals surface area contributed by atoms with E-state index < -0.39 is 0 Å². The minimum Gasteiger partial charge on any atom is -0.338 e. The summed E-state index contributed by atoms with van der Waals surface area (Å²) in [6.07, 6.45) is 1.02. The monoisotopic (exact) mass is 332 g/mol. The lowest BCUT2D eigenvalue weighted by molar-refractivity contribution is 0.0787. The molecular weight excluding hydrogens is 316 g/mol. The number of carbonyl (C=O) groups is 1. The van der Waals surface area contributed by atoms with Gasteiger partial charge in [-0.1, -0.05) is 15.9 Å². The highest BCUT2D eigenvalue weighted by Crippen LogP contribution is 2.21. The fourth-order valence-electron chi connectivity index (χ4n) is 2.25. The average Bonchev–Trinajstić information content (AvgIpc) is 2.75.